The lowest BCUT2D eigenvalue weighted by molar-refractivity contribution is -0.145. The summed E-state index contributed by atoms with van der Waals surface area (Å²) in [5, 5.41) is 20.7. The van der Waals surface area contributed by atoms with Crippen molar-refractivity contribution >= 4 is 11.6 Å². The number of carbonyl (C=O) groups excluding carboxylic acids is 1. The van der Waals surface area contributed by atoms with Crippen molar-refractivity contribution < 1.29 is 9.90 Å². The second kappa shape index (κ2) is 6.81. The van der Waals surface area contributed by atoms with Crippen molar-refractivity contribution in [3.8, 4) is 6.07 Å². The van der Waals surface area contributed by atoms with E-state index >= 15 is 0 Å². The van der Waals surface area contributed by atoms with Crippen LogP contribution in [0.4, 0.5) is 0 Å². The minimum atomic E-state index is -0.659. The van der Waals surface area contributed by atoms with Gasteiger partial charge in [0.05, 0.1) is 18.2 Å². The van der Waals surface area contributed by atoms with Crippen LogP contribution < -0.4 is 0 Å². The highest BCUT2D eigenvalue weighted by molar-refractivity contribution is 6.41. The Morgan fingerprint density at radius 3 is 2.59 bits per heavy atom. The smallest absolute Gasteiger partial charge is 0.273 e. The van der Waals surface area contributed by atoms with E-state index in [0.29, 0.717) is 36.9 Å². The van der Waals surface area contributed by atoms with Crippen LogP contribution in [0.3, 0.4) is 0 Å². The van der Waals surface area contributed by atoms with Gasteiger partial charge in [-0.25, -0.2) is 0 Å². The third-order valence-electron chi connectivity index (χ3n) is 7.34. The molecule has 4 aliphatic carbocycles. The zero-order chi connectivity index (χ0) is 20.1. The number of carbonyl (C=O) groups is 1. The Hall–Kier alpha value is -2.45. The summed E-state index contributed by atoms with van der Waals surface area (Å²) < 4.78 is 0. The van der Waals surface area contributed by atoms with Crippen molar-refractivity contribution in [1.82, 2.24) is 4.90 Å². The Morgan fingerprint density at radius 2 is 1.93 bits per heavy atom. The van der Waals surface area contributed by atoms with Crippen molar-refractivity contribution in [3.63, 3.8) is 0 Å². The topological polar surface area (TPSA) is 76.7 Å². The summed E-state index contributed by atoms with van der Waals surface area (Å²) in [4.78, 5) is 20.1. The van der Waals surface area contributed by atoms with Crippen LogP contribution in [0.5, 0.6) is 0 Å². The fourth-order valence-electron chi connectivity index (χ4n) is 6.67. The first-order valence-electron chi connectivity index (χ1n) is 10.7. The SMILES string of the molecule is N#CC1CC=CN1C(=O)/C(=N\Cc1ccccc1)C12CC3CC(CC(O)(C3)C1)C2. The van der Waals surface area contributed by atoms with Crippen molar-refractivity contribution in [2.45, 2.75) is 63.1 Å². The normalized spacial score (nSPS) is 37.7. The molecule has 1 heterocycles. The summed E-state index contributed by atoms with van der Waals surface area (Å²) in [7, 11) is 0. The molecule has 5 heteroatoms. The number of rotatable bonds is 4. The van der Waals surface area contributed by atoms with Gasteiger partial charge >= 0.3 is 0 Å². The Morgan fingerprint density at radius 1 is 1.21 bits per heavy atom. The van der Waals surface area contributed by atoms with Crippen LogP contribution >= 0.6 is 0 Å². The van der Waals surface area contributed by atoms with Crippen LogP contribution in [0, 0.1) is 28.6 Å². The van der Waals surface area contributed by atoms with Gasteiger partial charge in [-0.05, 0) is 55.9 Å². The maximum absolute atomic E-state index is 13.7. The molecule has 1 amide bonds. The molecule has 5 aliphatic rings. The van der Waals surface area contributed by atoms with Crippen LogP contribution in [-0.4, -0.2) is 33.3 Å². The number of nitriles is 1. The highest BCUT2D eigenvalue weighted by atomic mass is 16.3. The highest BCUT2D eigenvalue weighted by Crippen LogP contribution is 2.62. The lowest BCUT2D eigenvalue weighted by Crippen LogP contribution is -2.60. The molecule has 29 heavy (non-hydrogen) atoms. The molecule has 0 saturated heterocycles. The Kier molecular flexibility index (Phi) is 4.36. The summed E-state index contributed by atoms with van der Waals surface area (Å²) in [6, 6.07) is 11.8. The minimum Gasteiger partial charge on any atom is -0.390 e. The van der Waals surface area contributed by atoms with E-state index in [-0.39, 0.29) is 11.3 Å². The molecule has 0 spiro atoms. The van der Waals surface area contributed by atoms with Crippen molar-refractivity contribution in [3.05, 3.63) is 48.2 Å². The molecular weight excluding hydrogens is 362 g/mol. The van der Waals surface area contributed by atoms with Gasteiger partial charge in [0.25, 0.3) is 5.91 Å². The van der Waals surface area contributed by atoms with E-state index in [1.54, 1.807) is 11.1 Å². The van der Waals surface area contributed by atoms with Crippen LogP contribution in [0.15, 0.2) is 47.6 Å². The molecule has 1 aromatic rings. The van der Waals surface area contributed by atoms with Gasteiger partial charge in [0.2, 0.25) is 0 Å². The van der Waals surface area contributed by atoms with E-state index in [9.17, 15) is 15.2 Å². The van der Waals surface area contributed by atoms with Gasteiger partial charge in [0.15, 0.2) is 0 Å². The summed E-state index contributed by atoms with van der Waals surface area (Å²) in [5.74, 6) is 0.792. The van der Waals surface area contributed by atoms with Gasteiger partial charge in [-0.2, -0.15) is 5.26 Å². The molecule has 0 radical (unpaired) electrons. The van der Waals surface area contributed by atoms with E-state index < -0.39 is 11.6 Å². The van der Waals surface area contributed by atoms with Crippen molar-refractivity contribution in [1.29, 1.82) is 5.26 Å². The van der Waals surface area contributed by atoms with Crippen molar-refractivity contribution in [2.24, 2.45) is 22.2 Å². The van der Waals surface area contributed by atoms with Crippen molar-refractivity contribution in [2.75, 3.05) is 0 Å². The fourth-order valence-corrected chi connectivity index (χ4v) is 6.67. The van der Waals surface area contributed by atoms with E-state index in [1.807, 2.05) is 36.4 Å². The number of hydrogen-bond acceptors (Lipinski definition) is 4. The second-order valence-electron chi connectivity index (χ2n) is 9.59. The van der Waals surface area contributed by atoms with Gasteiger partial charge in [-0.15, -0.1) is 0 Å². The predicted octanol–water partition coefficient (Wildman–Crippen LogP) is 3.60. The summed E-state index contributed by atoms with van der Waals surface area (Å²) >= 11 is 0. The average Bonchev–Trinajstić information content (AvgIpc) is 3.15. The maximum Gasteiger partial charge on any atom is 0.273 e. The molecule has 0 aromatic heterocycles. The minimum absolute atomic E-state index is 0.146. The molecule has 6 rings (SSSR count). The maximum atomic E-state index is 13.7. The first-order valence-corrected chi connectivity index (χ1v) is 10.7. The Labute approximate surface area is 171 Å². The lowest BCUT2D eigenvalue weighted by atomic mass is 9.46. The number of aliphatic imine (C=N–C) groups is 1. The van der Waals surface area contributed by atoms with E-state index in [4.69, 9.17) is 4.99 Å². The standard InChI is InChI=1S/C24H27N3O2/c25-14-20-7-4-8-27(20)22(28)21(26-15-17-5-2-1-3-6-17)23-10-18-9-19(11-23)13-24(29,12-18)16-23/h1-6,8,18-20,29H,7,9-13,15-16H2/b26-21+. The molecular formula is C24H27N3O2. The molecule has 1 aliphatic heterocycles. The fraction of sp³-hybridized carbons (Fsp3) is 0.542. The molecule has 4 fully saturated rings. The summed E-state index contributed by atoms with van der Waals surface area (Å²) in [6.07, 6.45) is 9.55. The van der Waals surface area contributed by atoms with Gasteiger partial charge in [-0.1, -0.05) is 36.4 Å². The van der Waals surface area contributed by atoms with E-state index in [2.05, 4.69) is 6.07 Å². The number of hydrogen-bond donors (Lipinski definition) is 1. The van der Waals surface area contributed by atoms with E-state index in [1.165, 1.54) is 0 Å². The molecule has 1 N–H and O–H groups in total. The second-order valence-corrected chi connectivity index (χ2v) is 9.59. The quantitative estimate of drug-likeness (QED) is 0.800. The average molecular weight is 389 g/mol. The number of nitrogens with zero attached hydrogens (tertiary/aromatic N) is 3. The number of benzene rings is 1. The molecule has 4 bridgehead atoms. The zero-order valence-electron chi connectivity index (χ0n) is 16.6. The number of aliphatic hydroxyl groups is 1. The Balaban J connectivity index is 1.53. The Bertz CT molecular complexity index is 900. The van der Waals surface area contributed by atoms with Gasteiger partial charge in [0.1, 0.15) is 11.8 Å². The van der Waals surface area contributed by atoms with Crippen LogP contribution in [0.25, 0.3) is 0 Å². The summed E-state index contributed by atoms with van der Waals surface area (Å²) in [5.41, 5.74) is 0.629. The lowest BCUT2D eigenvalue weighted by Gasteiger charge is -2.60. The highest BCUT2D eigenvalue weighted by Gasteiger charge is 2.60. The molecule has 1 aromatic carbocycles. The summed E-state index contributed by atoms with van der Waals surface area (Å²) in [6.45, 7) is 0.451. The van der Waals surface area contributed by atoms with E-state index in [0.717, 1.165) is 37.7 Å². The molecule has 4 saturated carbocycles. The van der Waals surface area contributed by atoms with Gasteiger partial charge in [0, 0.05) is 18.0 Å². The molecule has 3 atom stereocenters. The molecule has 3 unspecified atom stereocenters. The molecule has 5 nitrogen and oxygen atoms in total. The van der Waals surface area contributed by atoms with Gasteiger partial charge < -0.3 is 5.11 Å². The molecule has 150 valence electrons. The first kappa shape index (κ1) is 18.6. The van der Waals surface area contributed by atoms with Gasteiger partial charge in [-0.3, -0.25) is 14.7 Å². The third kappa shape index (κ3) is 3.20. The van der Waals surface area contributed by atoms with Crippen LogP contribution in [0.2, 0.25) is 0 Å². The monoisotopic (exact) mass is 389 g/mol. The van der Waals surface area contributed by atoms with Crippen LogP contribution in [0.1, 0.15) is 50.5 Å². The largest absolute Gasteiger partial charge is 0.390 e. The predicted molar refractivity (Wildman–Crippen MR) is 110 cm³/mol. The van der Waals surface area contributed by atoms with Crippen LogP contribution in [-0.2, 0) is 11.3 Å². The number of amides is 1. The first-order chi connectivity index (χ1) is 14.0. The third-order valence-corrected chi connectivity index (χ3v) is 7.34. The zero-order valence-corrected chi connectivity index (χ0v) is 16.6.